The minimum absolute atomic E-state index is 0.303. The molecular weight excluding hydrogens is 318 g/mol. The summed E-state index contributed by atoms with van der Waals surface area (Å²) in [5, 5.41) is 14.1. The van der Waals surface area contributed by atoms with E-state index in [0.717, 1.165) is 4.80 Å². The van der Waals surface area contributed by atoms with E-state index >= 15 is 0 Å². The van der Waals surface area contributed by atoms with Gasteiger partial charge < -0.3 is 11.1 Å². The lowest BCUT2D eigenvalue weighted by Crippen LogP contribution is -2.42. The fourth-order valence-electron chi connectivity index (χ4n) is 1.51. The van der Waals surface area contributed by atoms with Crippen molar-refractivity contribution in [3.63, 3.8) is 0 Å². The van der Waals surface area contributed by atoms with Gasteiger partial charge in [-0.05, 0) is 29.5 Å². The van der Waals surface area contributed by atoms with Gasteiger partial charge in [0.1, 0.15) is 6.54 Å². The van der Waals surface area contributed by atoms with Gasteiger partial charge in [-0.25, -0.2) is 8.78 Å². The number of nitrogens with zero attached hydrogens (tertiary/aromatic N) is 4. The Morgan fingerprint density at radius 3 is 2.68 bits per heavy atom. The number of benzene rings is 1. The molecule has 0 fully saturated rings. The molecule has 2 rings (SSSR count). The predicted molar refractivity (Wildman–Crippen MR) is 75.3 cm³/mol. The first-order valence-corrected chi connectivity index (χ1v) is 6.66. The number of carbonyl (C=O) groups excluding carboxylic acids is 1. The van der Waals surface area contributed by atoms with Crippen LogP contribution >= 0.6 is 11.6 Å². The monoisotopic (exact) mass is 330 g/mol. The predicted octanol–water partition coefficient (Wildman–Crippen LogP) is 0.704. The first-order valence-electron chi connectivity index (χ1n) is 6.28. The SMILES string of the molecule is NCC(F)(F)CNC(=O)Cn1nnc(-c2ccc(Cl)cc2)n1. The molecule has 1 amide bonds. The molecule has 0 aliphatic carbocycles. The van der Waals surface area contributed by atoms with Gasteiger partial charge in [0.15, 0.2) is 0 Å². The number of hydrogen-bond donors (Lipinski definition) is 2. The molecule has 0 bridgehead atoms. The second-order valence-corrected chi connectivity index (χ2v) is 4.92. The Labute approximate surface area is 129 Å². The third kappa shape index (κ3) is 4.43. The first kappa shape index (κ1) is 16.2. The summed E-state index contributed by atoms with van der Waals surface area (Å²) in [6.07, 6.45) is 0. The third-order valence-corrected chi connectivity index (χ3v) is 2.94. The summed E-state index contributed by atoms with van der Waals surface area (Å²) in [6, 6.07) is 6.73. The normalized spacial score (nSPS) is 11.5. The lowest BCUT2D eigenvalue weighted by molar-refractivity contribution is -0.123. The molecule has 7 nitrogen and oxygen atoms in total. The summed E-state index contributed by atoms with van der Waals surface area (Å²) >= 11 is 5.77. The number of amides is 1. The van der Waals surface area contributed by atoms with Gasteiger partial charge in [-0.15, -0.1) is 10.2 Å². The van der Waals surface area contributed by atoms with Crippen molar-refractivity contribution in [3.05, 3.63) is 29.3 Å². The molecule has 3 N–H and O–H groups in total. The fourth-order valence-corrected chi connectivity index (χ4v) is 1.64. The second-order valence-electron chi connectivity index (χ2n) is 4.49. The number of nitrogens with one attached hydrogen (secondary N) is 1. The molecule has 0 aliphatic heterocycles. The molecule has 2 aromatic rings. The summed E-state index contributed by atoms with van der Waals surface area (Å²) < 4.78 is 25.8. The maximum Gasteiger partial charge on any atom is 0.277 e. The number of hydrogen-bond acceptors (Lipinski definition) is 5. The Morgan fingerprint density at radius 2 is 2.05 bits per heavy atom. The van der Waals surface area contributed by atoms with Crippen molar-refractivity contribution in [3.8, 4) is 11.4 Å². The summed E-state index contributed by atoms with van der Waals surface area (Å²) in [5.74, 6) is -3.50. The van der Waals surface area contributed by atoms with Crippen molar-refractivity contribution in [2.45, 2.75) is 12.5 Å². The molecule has 1 aromatic heterocycles. The quantitative estimate of drug-likeness (QED) is 0.812. The number of aromatic nitrogens is 4. The summed E-state index contributed by atoms with van der Waals surface area (Å²) in [6.45, 7) is -1.99. The molecule has 10 heteroatoms. The summed E-state index contributed by atoms with van der Waals surface area (Å²) in [4.78, 5) is 12.5. The van der Waals surface area contributed by atoms with Gasteiger partial charge in [-0.3, -0.25) is 4.79 Å². The first-order chi connectivity index (χ1) is 10.4. The highest BCUT2D eigenvalue weighted by atomic mass is 35.5. The van der Waals surface area contributed by atoms with Crippen LogP contribution in [0.25, 0.3) is 11.4 Å². The topological polar surface area (TPSA) is 98.7 Å². The highest BCUT2D eigenvalue weighted by Crippen LogP contribution is 2.16. The number of rotatable bonds is 6. The minimum atomic E-state index is -3.14. The van der Waals surface area contributed by atoms with Gasteiger partial charge in [0, 0.05) is 10.6 Å². The zero-order valence-electron chi connectivity index (χ0n) is 11.3. The van der Waals surface area contributed by atoms with Crippen LogP contribution in [0.3, 0.4) is 0 Å². The smallest absolute Gasteiger partial charge is 0.277 e. The Morgan fingerprint density at radius 1 is 1.36 bits per heavy atom. The minimum Gasteiger partial charge on any atom is -0.348 e. The number of halogens is 3. The van der Waals surface area contributed by atoms with E-state index in [-0.39, 0.29) is 6.54 Å². The largest absolute Gasteiger partial charge is 0.348 e. The number of alkyl halides is 2. The summed E-state index contributed by atoms with van der Waals surface area (Å²) in [7, 11) is 0. The Hall–Kier alpha value is -2.13. The van der Waals surface area contributed by atoms with Crippen LogP contribution in [-0.4, -0.2) is 45.1 Å². The highest BCUT2D eigenvalue weighted by molar-refractivity contribution is 6.30. The van der Waals surface area contributed by atoms with Gasteiger partial charge in [0.2, 0.25) is 11.7 Å². The molecule has 118 valence electrons. The van der Waals surface area contributed by atoms with Gasteiger partial charge in [0.05, 0.1) is 13.1 Å². The second kappa shape index (κ2) is 6.75. The van der Waals surface area contributed by atoms with Crippen LogP contribution in [-0.2, 0) is 11.3 Å². The van der Waals surface area contributed by atoms with E-state index in [2.05, 4.69) is 20.7 Å². The number of carbonyl (C=O) groups is 1. The molecule has 1 heterocycles. The lowest BCUT2D eigenvalue weighted by atomic mass is 10.2. The van der Waals surface area contributed by atoms with Crippen LogP contribution in [0.5, 0.6) is 0 Å². The van der Waals surface area contributed by atoms with Crippen molar-refractivity contribution in [1.29, 1.82) is 0 Å². The molecule has 0 atom stereocenters. The molecule has 0 saturated heterocycles. The van der Waals surface area contributed by atoms with E-state index in [0.29, 0.717) is 16.4 Å². The van der Waals surface area contributed by atoms with Gasteiger partial charge >= 0.3 is 0 Å². The van der Waals surface area contributed by atoms with Crippen LogP contribution in [0.1, 0.15) is 0 Å². The Bertz CT molecular complexity index is 645. The molecular formula is C12H13ClF2N6O. The van der Waals surface area contributed by atoms with E-state index < -0.39 is 24.9 Å². The van der Waals surface area contributed by atoms with Crippen molar-refractivity contribution in [1.82, 2.24) is 25.5 Å². The van der Waals surface area contributed by atoms with E-state index in [1.807, 2.05) is 0 Å². The average Bonchev–Trinajstić information content (AvgIpc) is 2.94. The van der Waals surface area contributed by atoms with Crippen molar-refractivity contribution >= 4 is 17.5 Å². The van der Waals surface area contributed by atoms with Gasteiger partial charge in [-0.1, -0.05) is 11.6 Å². The standard InChI is InChI=1S/C12H13ClF2N6O/c13-9-3-1-8(2-4-9)11-18-20-21(19-11)5-10(22)17-7-12(14,15)6-16/h1-4H,5-7,16H2,(H,17,22). The van der Waals surface area contributed by atoms with E-state index in [9.17, 15) is 13.6 Å². The number of tetrazole rings is 1. The molecule has 22 heavy (non-hydrogen) atoms. The molecule has 0 aliphatic rings. The van der Waals surface area contributed by atoms with Gasteiger partial charge in [-0.2, -0.15) is 4.80 Å². The van der Waals surface area contributed by atoms with Crippen LogP contribution in [0.4, 0.5) is 8.78 Å². The van der Waals surface area contributed by atoms with Gasteiger partial charge in [0.25, 0.3) is 5.92 Å². The van der Waals surface area contributed by atoms with Crippen molar-refractivity contribution in [2.24, 2.45) is 5.73 Å². The maximum absolute atomic E-state index is 12.9. The average molecular weight is 331 g/mol. The zero-order chi connectivity index (χ0) is 16.2. The van der Waals surface area contributed by atoms with Crippen LogP contribution in [0.15, 0.2) is 24.3 Å². The molecule has 0 saturated carbocycles. The van der Waals surface area contributed by atoms with Crippen molar-refractivity contribution in [2.75, 3.05) is 13.1 Å². The molecule has 1 aromatic carbocycles. The fraction of sp³-hybridized carbons (Fsp3) is 0.333. The van der Waals surface area contributed by atoms with E-state index in [1.165, 1.54) is 0 Å². The third-order valence-electron chi connectivity index (χ3n) is 2.68. The Balaban J connectivity index is 1.94. The zero-order valence-corrected chi connectivity index (χ0v) is 12.1. The van der Waals surface area contributed by atoms with Crippen molar-refractivity contribution < 1.29 is 13.6 Å². The lowest BCUT2D eigenvalue weighted by Gasteiger charge is -2.13. The van der Waals surface area contributed by atoms with Crippen LogP contribution < -0.4 is 11.1 Å². The summed E-state index contributed by atoms with van der Waals surface area (Å²) in [5.41, 5.74) is 5.54. The highest BCUT2D eigenvalue weighted by Gasteiger charge is 2.27. The van der Waals surface area contributed by atoms with E-state index in [1.54, 1.807) is 24.3 Å². The maximum atomic E-state index is 12.9. The Kier molecular flexibility index (Phi) is 4.99. The molecule has 0 spiro atoms. The number of nitrogens with two attached hydrogens (primary N) is 1. The molecule has 0 radical (unpaired) electrons. The van der Waals surface area contributed by atoms with Crippen LogP contribution in [0.2, 0.25) is 5.02 Å². The molecule has 0 unspecified atom stereocenters. The van der Waals surface area contributed by atoms with E-state index in [4.69, 9.17) is 17.3 Å². The van der Waals surface area contributed by atoms with Crippen LogP contribution in [0, 0.1) is 0 Å².